The highest BCUT2D eigenvalue weighted by Gasteiger charge is 2.37. The van der Waals surface area contributed by atoms with Crippen molar-refractivity contribution < 1.29 is 24.5 Å². The van der Waals surface area contributed by atoms with E-state index >= 15 is 0 Å². The van der Waals surface area contributed by atoms with E-state index in [2.05, 4.69) is 5.32 Å². The summed E-state index contributed by atoms with van der Waals surface area (Å²) < 4.78 is 5.13. The van der Waals surface area contributed by atoms with Gasteiger partial charge in [-0.05, 0) is 39.0 Å². The molecular formula is C15H27NO5. The maximum atomic E-state index is 11.8. The Kier molecular flexibility index (Phi) is 6.45. The second-order valence-electron chi connectivity index (χ2n) is 6.68. The van der Waals surface area contributed by atoms with Gasteiger partial charge >= 0.3 is 12.1 Å². The summed E-state index contributed by atoms with van der Waals surface area (Å²) in [7, 11) is 0. The van der Waals surface area contributed by atoms with Crippen molar-refractivity contribution in [3.8, 4) is 0 Å². The van der Waals surface area contributed by atoms with Gasteiger partial charge in [0.2, 0.25) is 0 Å². The second kappa shape index (κ2) is 7.64. The SMILES string of the molecule is CC(C)(C)OC(=O)N[C@H](C(=O)O)C(CCO)C1CCCC1. The summed E-state index contributed by atoms with van der Waals surface area (Å²) >= 11 is 0. The number of carbonyl (C=O) groups is 2. The van der Waals surface area contributed by atoms with Crippen LogP contribution in [-0.4, -0.2) is 40.5 Å². The smallest absolute Gasteiger partial charge is 0.408 e. The van der Waals surface area contributed by atoms with Crippen molar-refractivity contribution in [3.05, 3.63) is 0 Å². The molecule has 21 heavy (non-hydrogen) atoms. The molecule has 122 valence electrons. The first-order valence-corrected chi connectivity index (χ1v) is 7.58. The number of carboxylic acids is 1. The molecule has 1 amide bonds. The van der Waals surface area contributed by atoms with E-state index in [1.54, 1.807) is 20.8 Å². The maximum Gasteiger partial charge on any atom is 0.408 e. The molecule has 0 spiro atoms. The molecule has 2 atom stereocenters. The summed E-state index contributed by atoms with van der Waals surface area (Å²) in [6.45, 7) is 5.10. The second-order valence-corrected chi connectivity index (χ2v) is 6.68. The lowest BCUT2D eigenvalue weighted by molar-refractivity contribution is -0.141. The molecule has 1 saturated carbocycles. The molecule has 0 radical (unpaired) electrons. The Balaban J connectivity index is 2.76. The van der Waals surface area contributed by atoms with Gasteiger partial charge in [0, 0.05) is 6.61 Å². The molecule has 1 aliphatic carbocycles. The lowest BCUT2D eigenvalue weighted by Gasteiger charge is -2.30. The van der Waals surface area contributed by atoms with E-state index in [1.807, 2.05) is 0 Å². The Morgan fingerprint density at radius 2 is 1.86 bits per heavy atom. The molecule has 1 aliphatic rings. The third-order valence-corrected chi connectivity index (χ3v) is 3.83. The van der Waals surface area contributed by atoms with Gasteiger partial charge in [-0.15, -0.1) is 0 Å². The Hall–Kier alpha value is -1.30. The number of amides is 1. The average Bonchev–Trinajstić information content (AvgIpc) is 2.84. The molecule has 0 aromatic heterocycles. The van der Waals surface area contributed by atoms with Gasteiger partial charge in [-0.3, -0.25) is 0 Å². The van der Waals surface area contributed by atoms with Crippen LogP contribution in [0, 0.1) is 11.8 Å². The third kappa shape index (κ3) is 5.91. The number of aliphatic hydroxyl groups excluding tert-OH is 1. The highest BCUT2D eigenvalue weighted by Crippen LogP contribution is 2.35. The maximum absolute atomic E-state index is 11.8. The molecule has 0 aromatic rings. The largest absolute Gasteiger partial charge is 0.480 e. The highest BCUT2D eigenvalue weighted by atomic mass is 16.6. The van der Waals surface area contributed by atoms with E-state index in [4.69, 9.17) is 4.74 Å². The van der Waals surface area contributed by atoms with Crippen molar-refractivity contribution in [2.75, 3.05) is 6.61 Å². The molecular weight excluding hydrogens is 274 g/mol. The van der Waals surface area contributed by atoms with Gasteiger partial charge < -0.3 is 20.3 Å². The number of hydrogen-bond acceptors (Lipinski definition) is 4. The van der Waals surface area contributed by atoms with Crippen LogP contribution in [0.5, 0.6) is 0 Å². The Morgan fingerprint density at radius 3 is 2.29 bits per heavy atom. The van der Waals surface area contributed by atoms with E-state index in [0.717, 1.165) is 25.7 Å². The van der Waals surface area contributed by atoms with Crippen molar-refractivity contribution in [2.24, 2.45) is 11.8 Å². The van der Waals surface area contributed by atoms with E-state index < -0.39 is 23.7 Å². The number of carboxylic acid groups (broad SMARTS) is 1. The normalized spacial score (nSPS) is 19.0. The minimum atomic E-state index is -1.08. The van der Waals surface area contributed by atoms with Gasteiger partial charge in [-0.25, -0.2) is 9.59 Å². The molecule has 1 unspecified atom stereocenters. The molecule has 0 saturated heterocycles. The van der Waals surface area contributed by atoms with Crippen LogP contribution in [0.4, 0.5) is 4.79 Å². The molecule has 6 heteroatoms. The van der Waals surface area contributed by atoms with Crippen molar-refractivity contribution in [1.29, 1.82) is 0 Å². The molecule has 1 fully saturated rings. The zero-order valence-corrected chi connectivity index (χ0v) is 13.1. The predicted octanol–water partition coefficient (Wildman–Crippen LogP) is 2.15. The fourth-order valence-corrected chi connectivity index (χ4v) is 3.00. The molecule has 0 heterocycles. The van der Waals surface area contributed by atoms with Crippen LogP contribution >= 0.6 is 0 Å². The highest BCUT2D eigenvalue weighted by molar-refractivity contribution is 5.80. The van der Waals surface area contributed by atoms with Crippen molar-refractivity contribution in [3.63, 3.8) is 0 Å². The van der Waals surface area contributed by atoms with Crippen molar-refractivity contribution in [2.45, 2.75) is 64.5 Å². The summed E-state index contributed by atoms with van der Waals surface area (Å²) in [5.74, 6) is -1.11. The van der Waals surface area contributed by atoms with E-state index in [9.17, 15) is 19.8 Å². The Morgan fingerprint density at radius 1 is 1.29 bits per heavy atom. The number of rotatable bonds is 6. The van der Waals surface area contributed by atoms with Crippen LogP contribution in [-0.2, 0) is 9.53 Å². The topological polar surface area (TPSA) is 95.9 Å². The van der Waals surface area contributed by atoms with Crippen LogP contribution in [0.3, 0.4) is 0 Å². The zero-order chi connectivity index (χ0) is 16.0. The fraction of sp³-hybridized carbons (Fsp3) is 0.867. The first-order valence-electron chi connectivity index (χ1n) is 7.58. The zero-order valence-electron chi connectivity index (χ0n) is 13.1. The number of aliphatic hydroxyl groups is 1. The number of alkyl carbamates (subject to hydrolysis) is 1. The van der Waals surface area contributed by atoms with Crippen LogP contribution in [0.2, 0.25) is 0 Å². The van der Waals surface area contributed by atoms with E-state index in [-0.39, 0.29) is 18.4 Å². The minimum Gasteiger partial charge on any atom is -0.480 e. The first kappa shape index (κ1) is 17.8. The summed E-state index contributed by atoms with van der Waals surface area (Å²) in [4.78, 5) is 23.4. The van der Waals surface area contributed by atoms with Crippen LogP contribution in [0.25, 0.3) is 0 Å². The van der Waals surface area contributed by atoms with Gasteiger partial charge in [-0.2, -0.15) is 0 Å². The van der Waals surface area contributed by atoms with E-state index in [1.165, 1.54) is 0 Å². The van der Waals surface area contributed by atoms with Crippen molar-refractivity contribution >= 4 is 12.1 Å². The fourth-order valence-electron chi connectivity index (χ4n) is 3.00. The molecule has 6 nitrogen and oxygen atoms in total. The number of nitrogens with one attached hydrogen (secondary N) is 1. The van der Waals surface area contributed by atoms with Crippen LogP contribution < -0.4 is 5.32 Å². The minimum absolute atomic E-state index is 0.0824. The number of carbonyl (C=O) groups excluding carboxylic acids is 1. The van der Waals surface area contributed by atoms with Crippen LogP contribution in [0.1, 0.15) is 52.9 Å². The van der Waals surface area contributed by atoms with Gasteiger partial charge in [0.1, 0.15) is 11.6 Å². The van der Waals surface area contributed by atoms with E-state index in [0.29, 0.717) is 6.42 Å². The average molecular weight is 301 g/mol. The Bertz CT molecular complexity index is 358. The van der Waals surface area contributed by atoms with Gasteiger partial charge in [0.15, 0.2) is 0 Å². The monoisotopic (exact) mass is 301 g/mol. The predicted molar refractivity (Wildman–Crippen MR) is 77.9 cm³/mol. The van der Waals surface area contributed by atoms with Crippen LogP contribution in [0.15, 0.2) is 0 Å². The lowest BCUT2D eigenvalue weighted by Crippen LogP contribution is -2.49. The quantitative estimate of drug-likeness (QED) is 0.698. The molecule has 3 N–H and O–H groups in total. The molecule has 1 rings (SSSR count). The summed E-state index contributed by atoms with van der Waals surface area (Å²) in [5, 5.41) is 21.1. The number of hydrogen-bond donors (Lipinski definition) is 3. The Labute approximate surface area is 125 Å². The summed E-state index contributed by atoms with van der Waals surface area (Å²) in [6.07, 6.45) is 3.69. The summed E-state index contributed by atoms with van der Waals surface area (Å²) in [5.41, 5.74) is -0.674. The lowest BCUT2D eigenvalue weighted by atomic mass is 9.82. The number of ether oxygens (including phenoxy) is 1. The first-order chi connectivity index (χ1) is 9.74. The van der Waals surface area contributed by atoms with Crippen molar-refractivity contribution in [1.82, 2.24) is 5.32 Å². The van der Waals surface area contributed by atoms with Gasteiger partial charge in [-0.1, -0.05) is 25.7 Å². The molecule has 0 bridgehead atoms. The third-order valence-electron chi connectivity index (χ3n) is 3.83. The molecule has 0 aromatic carbocycles. The number of aliphatic carboxylic acids is 1. The van der Waals surface area contributed by atoms with Gasteiger partial charge in [0.05, 0.1) is 0 Å². The van der Waals surface area contributed by atoms with Gasteiger partial charge in [0.25, 0.3) is 0 Å². The standard InChI is InChI=1S/C15H27NO5/c1-15(2,3)21-14(20)16-12(13(18)19)11(8-9-17)10-6-4-5-7-10/h10-12,17H,4-9H2,1-3H3,(H,16,20)(H,18,19)/t11?,12-/m0/s1. The summed E-state index contributed by atoms with van der Waals surface area (Å²) in [6, 6.07) is -1.02. The molecule has 0 aliphatic heterocycles.